The summed E-state index contributed by atoms with van der Waals surface area (Å²) in [5.74, 6) is 0.408. The summed E-state index contributed by atoms with van der Waals surface area (Å²) in [4.78, 5) is 12.4. The molecule has 0 aliphatic heterocycles. The molecule has 22 heavy (non-hydrogen) atoms. The van der Waals surface area contributed by atoms with Gasteiger partial charge in [-0.2, -0.15) is 5.10 Å². The topological polar surface area (TPSA) is 81.6 Å². The number of carbonyl (C=O) groups is 1. The maximum absolute atomic E-state index is 12.4. The fraction of sp³-hybridized carbons (Fsp3) is 0.500. The number of hydrogen-bond donors (Lipinski definition) is 2. The number of rotatable bonds is 5. The molecule has 1 aliphatic rings. The van der Waals surface area contributed by atoms with Crippen LogP contribution in [0.5, 0.6) is 0 Å². The molecule has 1 aliphatic carbocycles. The zero-order valence-corrected chi connectivity index (χ0v) is 12.8. The highest BCUT2D eigenvalue weighted by Gasteiger charge is 2.25. The number of carbonyl (C=O) groups excluding carboxylic acids is 1. The number of pyridine rings is 1. The average molecular weight is 302 g/mol. The van der Waals surface area contributed by atoms with Gasteiger partial charge in [-0.15, -0.1) is 0 Å². The molecule has 1 amide bonds. The minimum Gasteiger partial charge on any atom is -0.399 e. The summed E-state index contributed by atoms with van der Waals surface area (Å²) in [7, 11) is 1.71. The molecule has 0 saturated heterocycles. The van der Waals surface area contributed by atoms with E-state index in [4.69, 9.17) is 10.5 Å². The van der Waals surface area contributed by atoms with Gasteiger partial charge < -0.3 is 15.8 Å². The summed E-state index contributed by atoms with van der Waals surface area (Å²) in [5, 5.41) is 7.14. The van der Waals surface area contributed by atoms with Crippen molar-refractivity contribution in [1.29, 1.82) is 0 Å². The van der Waals surface area contributed by atoms with Gasteiger partial charge in [-0.25, -0.2) is 4.52 Å². The molecule has 0 spiro atoms. The number of amides is 1. The molecule has 0 radical (unpaired) electrons. The second-order valence-electron chi connectivity index (χ2n) is 5.88. The zero-order chi connectivity index (χ0) is 15.5. The molecular weight excluding hydrogens is 280 g/mol. The van der Waals surface area contributed by atoms with E-state index >= 15 is 0 Å². The van der Waals surface area contributed by atoms with Crippen molar-refractivity contribution in [2.45, 2.75) is 31.8 Å². The molecule has 2 heterocycles. The van der Waals surface area contributed by atoms with E-state index in [1.54, 1.807) is 36.2 Å². The van der Waals surface area contributed by atoms with Gasteiger partial charge in [0.25, 0.3) is 5.91 Å². The van der Waals surface area contributed by atoms with Gasteiger partial charge in [0.2, 0.25) is 0 Å². The molecule has 1 fully saturated rings. The number of hydrogen-bond acceptors (Lipinski definition) is 4. The van der Waals surface area contributed by atoms with Crippen molar-refractivity contribution in [3.63, 3.8) is 0 Å². The van der Waals surface area contributed by atoms with Gasteiger partial charge in [0.15, 0.2) is 0 Å². The number of ether oxygens (including phenoxy) is 1. The van der Waals surface area contributed by atoms with Crippen LogP contribution in [-0.2, 0) is 4.74 Å². The number of nitrogens with one attached hydrogen (secondary N) is 1. The molecule has 1 atom stereocenters. The summed E-state index contributed by atoms with van der Waals surface area (Å²) in [6.45, 7) is 0.527. The molecular formula is C16H22N4O2. The predicted octanol–water partition coefficient (Wildman–Crippen LogP) is 1.85. The number of nitrogens with two attached hydrogens (primary N) is 1. The van der Waals surface area contributed by atoms with E-state index in [-0.39, 0.29) is 12.0 Å². The highest BCUT2D eigenvalue weighted by molar-refractivity contribution is 6.00. The fourth-order valence-electron chi connectivity index (χ4n) is 3.23. The lowest BCUT2D eigenvalue weighted by Gasteiger charge is -2.22. The van der Waals surface area contributed by atoms with E-state index < -0.39 is 0 Å². The molecule has 6 nitrogen and oxygen atoms in total. The first kappa shape index (κ1) is 14.8. The molecule has 1 unspecified atom stereocenters. The van der Waals surface area contributed by atoms with Gasteiger partial charge in [0.1, 0.15) is 0 Å². The van der Waals surface area contributed by atoms with Crippen molar-refractivity contribution in [1.82, 2.24) is 14.9 Å². The molecule has 3 N–H and O–H groups in total. The Kier molecular flexibility index (Phi) is 4.29. The molecule has 0 bridgehead atoms. The van der Waals surface area contributed by atoms with Gasteiger partial charge in [-0.1, -0.05) is 12.8 Å². The van der Waals surface area contributed by atoms with Gasteiger partial charge in [0, 0.05) is 25.5 Å². The van der Waals surface area contributed by atoms with Crippen molar-refractivity contribution in [2.24, 2.45) is 5.92 Å². The van der Waals surface area contributed by atoms with Crippen LogP contribution >= 0.6 is 0 Å². The molecule has 2 aromatic heterocycles. The van der Waals surface area contributed by atoms with E-state index in [0.29, 0.717) is 29.2 Å². The summed E-state index contributed by atoms with van der Waals surface area (Å²) in [5.41, 5.74) is 7.65. The van der Waals surface area contributed by atoms with Crippen molar-refractivity contribution in [2.75, 3.05) is 19.4 Å². The van der Waals surface area contributed by atoms with Crippen molar-refractivity contribution >= 4 is 17.1 Å². The first-order valence-corrected chi connectivity index (χ1v) is 7.73. The summed E-state index contributed by atoms with van der Waals surface area (Å²) < 4.78 is 7.20. The quantitative estimate of drug-likeness (QED) is 0.883. The van der Waals surface area contributed by atoms with Gasteiger partial charge in [-0.05, 0) is 30.9 Å². The monoisotopic (exact) mass is 302 g/mol. The zero-order valence-electron chi connectivity index (χ0n) is 12.8. The summed E-state index contributed by atoms with van der Waals surface area (Å²) in [6, 6.07) is 3.51. The van der Waals surface area contributed by atoms with Gasteiger partial charge >= 0.3 is 0 Å². The molecule has 1 saturated carbocycles. The van der Waals surface area contributed by atoms with Crippen LogP contribution in [0.25, 0.3) is 5.52 Å². The number of methoxy groups -OCH3 is 1. The van der Waals surface area contributed by atoms with Crippen molar-refractivity contribution < 1.29 is 9.53 Å². The van der Waals surface area contributed by atoms with E-state index in [9.17, 15) is 4.79 Å². The van der Waals surface area contributed by atoms with Crippen molar-refractivity contribution in [3.8, 4) is 0 Å². The maximum Gasteiger partial charge on any atom is 0.255 e. The lowest BCUT2D eigenvalue weighted by Crippen LogP contribution is -2.36. The third kappa shape index (κ3) is 2.92. The standard InChI is InChI=1S/C16H22N4O2/c1-22-15(11-4-2-3-5-11)10-18-16(21)13-9-19-20-7-6-12(17)8-14(13)20/h6-9,11,15H,2-5,10,17H2,1H3,(H,18,21). The van der Waals surface area contributed by atoms with E-state index in [2.05, 4.69) is 10.4 Å². The SMILES string of the molecule is COC(CNC(=O)c1cnn2ccc(N)cc12)C1CCCC1. The van der Waals surface area contributed by atoms with Crippen molar-refractivity contribution in [3.05, 3.63) is 30.1 Å². The molecule has 0 aromatic carbocycles. The van der Waals surface area contributed by atoms with Gasteiger partial charge in [-0.3, -0.25) is 4.79 Å². The highest BCUT2D eigenvalue weighted by atomic mass is 16.5. The minimum absolute atomic E-state index is 0.0818. The number of fused-ring (bicyclic) bond motifs is 1. The first-order chi connectivity index (χ1) is 10.7. The third-order valence-corrected chi connectivity index (χ3v) is 4.48. The fourth-order valence-corrected chi connectivity index (χ4v) is 3.23. The Morgan fingerprint density at radius 2 is 2.32 bits per heavy atom. The van der Waals surface area contributed by atoms with Crippen LogP contribution in [0.15, 0.2) is 24.5 Å². The second kappa shape index (κ2) is 6.36. The van der Waals surface area contributed by atoms with Crippen LogP contribution in [0.3, 0.4) is 0 Å². The van der Waals surface area contributed by atoms with Crippen LogP contribution in [0.2, 0.25) is 0 Å². The van der Waals surface area contributed by atoms with Gasteiger partial charge in [0.05, 0.1) is 23.4 Å². The maximum atomic E-state index is 12.4. The summed E-state index contributed by atoms with van der Waals surface area (Å²) >= 11 is 0. The molecule has 3 rings (SSSR count). The summed E-state index contributed by atoms with van der Waals surface area (Å²) in [6.07, 6.45) is 8.28. The largest absolute Gasteiger partial charge is 0.399 e. The Morgan fingerprint density at radius 1 is 1.55 bits per heavy atom. The molecule has 2 aromatic rings. The predicted molar refractivity (Wildman–Crippen MR) is 84.7 cm³/mol. The average Bonchev–Trinajstić information content (AvgIpc) is 3.16. The van der Waals surface area contributed by atoms with E-state index in [0.717, 1.165) is 0 Å². The number of anilines is 1. The lowest BCUT2D eigenvalue weighted by atomic mass is 10.0. The van der Waals surface area contributed by atoms with E-state index in [1.807, 2.05) is 0 Å². The first-order valence-electron chi connectivity index (χ1n) is 7.73. The van der Waals surface area contributed by atoms with Crippen LogP contribution in [-0.4, -0.2) is 35.3 Å². The molecule has 6 heteroatoms. The minimum atomic E-state index is -0.138. The highest BCUT2D eigenvalue weighted by Crippen LogP contribution is 2.28. The number of nitrogens with zero attached hydrogens (tertiary/aromatic N) is 2. The van der Waals surface area contributed by atoms with Crippen LogP contribution in [0.4, 0.5) is 5.69 Å². The Balaban J connectivity index is 1.69. The number of aromatic nitrogens is 2. The Labute approximate surface area is 129 Å². The Morgan fingerprint density at radius 3 is 3.05 bits per heavy atom. The number of nitrogen functional groups attached to an aromatic ring is 1. The normalized spacial score (nSPS) is 17.0. The van der Waals surface area contributed by atoms with E-state index in [1.165, 1.54) is 25.7 Å². The molecule has 118 valence electrons. The smallest absolute Gasteiger partial charge is 0.255 e. The van der Waals surface area contributed by atoms with Crippen LogP contribution in [0, 0.1) is 5.92 Å². The lowest BCUT2D eigenvalue weighted by molar-refractivity contribution is 0.0516. The van der Waals surface area contributed by atoms with Crippen LogP contribution in [0.1, 0.15) is 36.0 Å². The van der Waals surface area contributed by atoms with Crippen LogP contribution < -0.4 is 11.1 Å². The third-order valence-electron chi connectivity index (χ3n) is 4.48. The second-order valence-corrected chi connectivity index (χ2v) is 5.88. The Bertz CT molecular complexity index is 661. The Hall–Kier alpha value is -2.08.